The van der Waals surface area contributed by atoms with E-state index < -0.39 is 17.8 Å². The fourth-order valence-corrected chi connectivity index (χ4v) is 2.32. The number of amides is 2. The van der Waals surface area contributed by atoms with E-state index in [1.165, 1.54) is 23.1 Å². The fourth-order valence-electron chi connectivity index (χ4n) is 2.32. The molecule has 2 amide bonds. The Kier molecular flexibility index (Phi) is 4.17. The Labute approximate surface area is 114 Å². The minimum absolute atomic E-state index is 0.186. The zero-order chi connectivity index (χ0) is 14.8. The number of alkyl halides is 3. The molecule has 0 aromatic heterocycles. The average molecular weight is 288 g/mol. The third kappa shape index (κ3) is 3.04. The number of hydrogen-bond acceptors (Lipinski definition) is 2. The summed E-state index contributed by atoms with van der Waals surface area (Å²) in [6, 6.07) is 3.89. The Morgan fingerprint density at radius 1 is 1.40 bits per heavy atom. The van der Waals surface area contributed by atoms with Crippen molar-refractivity contribution in [2.75, 3.05) is 18.5 Å². The highest BCUT2D eigenvalue weighted by Crippen LogP contribution is 2.34. The van der Waals surface area contributed by atoms with Gasteiger partial charge in [-0.25, -0.2) is 4.79 Å². The predicted molar refractivity (Wildman–Crippen MR) is 67.3 cm³/mol. The number of nitrogens with one attached hydrogen (secondary N) is 1. The Morgan fingerprint density at radius 2 is 2.10 bits per heavy atom. The minimum atomic E-state index is -4.52. The molecule has 2 N–H and O–H groups in total. The lowest BCUT2D eigenvalue weighted by Crippen LogP contribution is -2.40. The van der Waals surface area contributed by atoms with Crippen LogP contribution >= 0.6 is 0 Å². The van der Waals surface area contributed by atoms with Crippen molar-refractivity contribution in [2.24, 2.45) is 0 Å². The smallest absolute Gasteiger partial charge is 0.394 e. The first-order valence-electron chi connectivity index (χ1n) is 6.28. The van der Waals surface area contributed by atoms with Gasteiger partial charge in [-0.15, -0.1) is 0 Å². The molecule has 1 atom stereocenters. The second-order valence-electron chi connectivity index (χ2n) is 4.65. The topological polar surface area (TPSA) is 52.6 Å². The largest absolute Gasteiger partial charge is 0.418 e. The summed E-state index contributed by atoms with van der Waals surface area (Å²) in [5.41, 5.74) is -1.15. The molecule has 1 aromatic rings. The van der Waals surface area contributed by atoms with Crippen LogP contribution in [0, 0.1) is 0 Å². The molecule has 1 aliphatic heterocycles. The third-order valence-corrected chi connectivity index (χ3v) is 3.32. The zero-order valence-corrected chi connectivity index (χ0v) is 10.7. The van der Waals surface area contributed by atoms with Gasteiger partial charge in [0.15, 0.2) is 0 Å². The normalized spacial score (nSPS) is 19.2. The van der Waals surface area contributed by atoms with Crippen molar-refractivity contribution >= 4 is 11.7 Å². The number of nitrogens with zero attached hydrogens (tertiary/aromatic N) is 1. The van der Waals surface area contributed by atoms with Gasteiger partial charge in [-0.2, -0.15) is 13.2 Å². The van der Waals surface area contributed by atoms with E-state index in [0.717, 1.165) is 12.5 Å². The molecule has 0 saturated carbocycles. The van der Waals surface area contributed by atoms with Crippen LogP contribution in [0.2, 0.25) is 0 Å². The van der Waals surface area contributed by atoms with Gasteiger partial charge in [0.25, 0.3) is 0 Å². The standard InChI is InChI=1S/C13H15F3N2O2/c14-13(15,16)10-5-1-2-6-11(10)17-12(20)18-7-3-4-9(18)8-19/h1-2,5-6,9,19H,3-4,7-8H2,(H,17,20)/t9-/m0/s1. The molecular weight excluding hydrogens is 273 g/mol. The number of benzene rings is 1. The van der Waals surface area contributed by atoms with Gasteiger partial charge in [-0.3, -0.25) is 0 Å². The molecule has 0 radical (unpaired) electrons. The first kappa shape index (κ1) is 14.6. The summed E-state index contributed by atoms with van der Waals surface area (Å²) in [5, 5.41) is 11.4. The number of halogens is 3. The number of hydrogen-bond donors (Lipinski definition) is 2. The summed E-state index contributed by atoms with van der Waals surface area (Å²) in [6.45, 7) is 0.250. The number of aliphatic hydroxyl groups excluding tert-OH is 1. The van der Waals surface area contributed by atoms with Crippen molar-refractivity contribution in [3.8, 4) is 0 Å². The van der Waals surface area contributed by atoms with E-state index in [2.05, 4.69) is 5.32 Å². The Hall–Kier alpha value is -1.76. The second kappa shape index (κ2) is 5.70. The molecule has 1 saturated heterocycles. The van der Waals surface area contributed by atoms with Crippen LogP contribution < -0.4 is 5.32 Å². The predicted octanol–water partition coefficient (Wildman–Crippen LogP) is 2.69. The van der Waals surface area contributed by atoms with Crippen LogP contribution in [-0.2, 0) is 6.18 Å². The Bertz CT molecular complexity index is 491. The van der Waals surface area contributed by atoms with Crippen molar-refractivity contribution in [2.45, 2.75) is 25.1 Å². The van der Waals surface area contributed by atoms with Gasteiger partial charge in [-0.1, -0.05) is 12.1 Å². The summed E-state index contributed by atoms with van der Waals surface area (Å²) in [6.07, 6.45) is -3.13. The number of carbonyl (C=O) groups is 1. The molecule has 0 unspecified atom stereocenters. The van der Waals surface area contributed by atoms with E-state index in [9.17, 15) is 18.0 Å². The second-order valence-corrected chi connectivity index (χ2v) is 4.65. The third-order valence-electron chi connectivity index (χ3n) is 3.32. The number of rotatable bonds is 2. The highest BCUT2D eigenvalue weighted by atomic mass is 19.4. The van der Waals surface area contributed by atoms with Crippen LogP contribution in [0.1, 0.15) is 18.4 Å². The number of urea groups is 1. The number of para-hydroxylation sites is 1. The van der Waals surface area contributed by atoms with Crippen molar-refractivity contribution < 1.29 is 23.1 Å². The van der Waals surface area contributed by atoms with Gasteiger partial charge in [-0.05, 0) is 25.0 Å². The molecule has 1 fully saturated rings. The summed E-state index contributed by atoms with van der Waals surface area (Å²) in [5.74, 6) is 0. The van der Waals surface area contributed by atoms with Crippen LogP contribution in [0.5, 0.6) is 0 Å². The lowest BCUT2D eigenvalue weighted by atomic mass is 10.1. The maximum absolute atomic E-state index is 12.8. The molecule has 2 rings (SSSR count). The number of aliphatic hydroxyl groups is 1. The molecule has 1 heterocycles. The minimum Gasteiger partial charge on any atom is -0.394 e. The van der Waals surface area contributed by atoms with E-state index >= 15 is 0 Å². The molecule has 1 aromatic carbocycles. The van der Waals surface area contributed by atoms with Crippen molar-refractivity contribution in [1.29, 1.82) is 0 Å². The molecule has 4 nitrogen and oxygen atoms in total. The highest BCUT2D eigenvalue weighted by molar-refractivity contribution is 5.90. The van der Waals surface area contributed by atoms with Gasteiger partial charge < -0.3 is 15.3 Å². The SMILES string of the molecule is O=C(Nc1ccccc1C(F)(F)F)N1CCC[C@H]1CO. The van der Waals surface area contributed by atoms with Gasteiger partial charge in [0.2, 0.25) is 0 Å². The van der Waals surface area contributed by atoms with E-state index in [1.54, 1.807) is 0 Å². The first-order valence-corrected chi connectivity index (χ1v) is 6.28. The van der Waals surface area contributed by atoms with E-state index in [0.29, 0.717) is 13.0 Å². The van der Waals surface area contributed by atoms with Crippen LogP contribution in [-0.4, -0.2) is 35.2 Å². The fraction of sp³-hybridized carbons (Fsp3) is 0.462. The first-order chi connectivity index (χ1) is 9.43. The van der Waals surface area contributed by atoms with E-state index in [-0.39, 0.29) is 18.3 Å². The van der Waals surface area contributed by atoms with E-state index in [4.69, 9.17) is 5.11 Å². The van der Waals surface area contributed by atoms with Gasteiger partial charge in [0.1, 0.15) is 0 Å². The maximum Gasteiger partial charge on any atom is 0.418 e. The summed E-state index contributed by atoms with van der Waals surface area (Å²) in [7, 11) is 0. The van der Waals surface area contributed by atoms with Gasteiger partial charge in [0.05, 0.1) is 23.9 Å². The molecule has 110 valence electrons. The molecule has 0 bridgehead atoms. The van der Waals surface area contributed by atoms with Crippen molar-refractivity contribution in [1.82, 2.24) is 4.90 Å². The molecule has 0 aliphatic carbocycles. The van der Waals surface area contributed by atoms with Gasteiger partial charge in [0, 0.05) is 6.54 Å². The Balaban J connectivity index is 2.16. The summed E-state index contributed by atoms with van der Waals surface area (Å²) in [4.78, 5) is 13.4. The molecule has 0 spiro atoms. The highest BCUT2D eigenvalue weighted by Gasteiger charge is 2.35. The lowest BCUT2D eigenvalue weighted by Gasteiger charge is -2.24. The Morgan fingerprint density at radius 3 is 2.75 bits per heavy atom. The van der Waals surface area contributed by atoms with Crippen LogP contribution in [0.4, 0.5) is 23.7 Å². The number of likely N-dealkylation sites (tertiary alicyclic amines) is 1. The monoisotopic (exact) mass is 288 g/mol. The molecule has 20 heavy (non-hydrogen) atoms. The van der Waals surface area contributed by atoms with Gasteiger partial charge >= 0.3 is 12.2 Å². The average Bonchev–Trinajstić information content (AvgIpc) is 2.86. The molecule has 1 aliphatic rings. The summed E-state index contributed by atoms with van der Waals surface area (Å²) < 4.78 is 38.4. The zero-order valence-electron chi connectivity index (χ0n) is 10.7. The van der Waals surface area contributed by atoms with Crippen LogP contribution in [0.25, 0.3) is 0 Å². The lowest BCUT2D eigenvalue weighted by molar-refractivity contribution is -0.136. The molecule has 7 heteroatoms. The van der Waals surface area contributed by atoms with Crippen molar-refractivity contribution in [3.63, 3.8) is 0 Å². The van der Waals surface area contributed by atoms with Crippen LogP contribution in [0.3, 0.4) is 0 Å². The van der Waals surface area contributed by atoms with Crippen LogP contribution in [0.15, 0.2) is 24.3 Å². The number of carbonyl (C=O) groups excluding carboxylic acids is 1. The summed E-state index contributed by atoms with van der Waals surface area (Å²) >= 11 is 0. The molecular formula is C13H15F3N2O2. The maximum atomic E-state index is 12.8. The van der Waals surface area contributed by atoms with Crippen molar-refractivity contribution in [3.05, 3.63) is 29.8 Å². The number of anilines is 1. The van der Waals surface area contributed by atoms with E-state index in [1.807, 2.05) is 0 Å². The quantitative estimate of drug-likeness (QED) is 0.879.